The van der Waals surface area contributed by atoms with Gasteiger partial charge in [-0.15, -0.1) is 0 Å². The van der Waals surface area contributed by atoms with E-state index >= 15 is 0 Å². The maximum absolute atomic E-state index is 12.8. The van der Waals surface area contributed by atoms with Gasteiger partial charge in [0.2, 0.25) is 0 Å². The molecular weight excluding hydrogens is 261 g/mol. The van der Waals surface area contributed by atoms with E-state index in [1.54, 1.807) is 18.5 Å². The van der Waals surface area contributed by atoms with E-state index in [0.717, 1.165) is 11.5 Å². The lowest BCUT2D eigenvalue weighted by Crippen LogP contribution is -2.01. The topological polar surface area (TPSA) is 40.7 Å². The van der Waals surface area contributed by atoms with Crippen LogP contribution in [0.2, 0.25) is 0 Å². The third kappa shape index (κ3) is 2.56. The molecule has 0 unspecified atom stereocenters. The fourth-order valence-electron chi connectivity index (χ4n) is 1.21. The first-order valence-electron chi connectivity index (χ1n) is 4.43. The third-order valence-electron chi connectivity index (χ3n) is 1.93. The lowest BCUT2D eigenvalue weighted by Gasteiger charge is -2.06. The molecule has 1 heterocycles. The number of H-pyrrole nitrogens is 1. The maximum Gasteiger partial charge on any atom is 0.125 e. The van der Waals surface area contributed by atoms with Crippen LogP contribution < -0.4 is 5.32 Å². The highest BCUT2D eigenvalue weighted by Crippen LogP contribution is 2.23. The zero-order valence-corrected chi connectivity index (χ0v) is 9.38. The number of imidazole rings is 1. The van der Waals surface area contributed by atoms with E-state index in [4.69, 9.17) is 0 Å². The molecule has 2 rings (SSSR count). The van der Waals surface area contributed by atoms with E-state index in [2.05, 4.69) is 31.2 Å². The number of anilines is 1. The molecule has 0 aliphatic heterocycles. The lowest BCUT2D eigenvalue weighted by molar-refractivity contribution is 0.627. The number of hydrogen-bond acceptors (Lipinski definition) is 2. The van der Waals surface area contributed by atoms with Crippen LogP contribution in [0, 0.1) is 5.82 Å². The lowest BCUT2D eigenvalue weighted by atomic mass is 10.3. The summed E-state index contributed by atoms with van der Waals surface area (Å²) in [7, 11) is 0. The van der Waals surface area contributed by atoms with Crippen LogP contribution in [0.4, 0.5) is 10.1 Å². The molecule has 0 aliphatic rings. The molecule has 0 amide bonds. The molecule has 0 radical (unpaired) electrons. The summed E-state index contributed by atoms with van der Waals surface area (Å²) in [5, 5.41) is 3.14. The molecule has 0 spiro atoms. The van der Waals surface area contributed by atoms with Crippen molar-refractivity contribution >= 4 is 21.6 Å². The Kier molecular flexibility index (Phi) is 3.01. The minimum atomic E-state index is -0.259. The fraction of sp³-hybridized carbons (Fsp3) is 0.100. The van der Waals surface area contributed by atoms with Gasteiger partial charge >= 0.3 is 0 Å². The van der Waals surface area contributed by atoms with Crippen LogP contribution in [0.3, 0.4) is 0 Å². The molecule has 0 bridgehead atoms. The first-order valence-corrected chi connectivity index (χ1v) is 5.22. The maximum atomic E-state index is 12.8. The molecule has 0 fully saturated rings. The van der Waals surface area contributed by atoms with Crippen molar-refractivity contribution in [2.45, 2.75) is 6.54 Å². The molecule has 0 aliphatic carbocycles. The van der Waals surface area contributed by atoms with Gasteiger partial charge in [-0.2, -0.15) is 0 Å². The molecule has 1 aromatic heterocycles. The van der Waals surface area contributed by atoms with Gasteiger partial charge in [0, 0.05) is 22.6 Å². The van der Waals surface area contributed by atoms with E-state index < -0.39 is 0 Å². The number of benzene rings is 1. The molecule has 2 aromatic rings. The number of rotatable bonds is 3. The number of aromatic amines is 1. The summed E-state index contributed by atoms with van der Waals surface area (Å²) in [6, 6.07) is 4.52. The zero-order chi connectivity index (χ0) is 10.7. The van der Waals surface area contributed by atoms with Gasteiger partial charge in [-0.1, -0.05) is 0 Å². The highest BCUT2D eigenvalue weighted by molar-refractivity contribution is 9.10. The van der Waals surface area contributed by atoms with Crippen LogP contribution in [0.1, 0.15) is 5.82 Å². The van der Waals surface area contributed by atoms with Gasteiger partial charge in [-0.05, 0) is 34.1 Å². The van der Waals surface area contributed by atoms with Crippen LogP contribution in [0.25, 0.3) is 0 Å². The number of nitrogens with zero attached hydrogens (tertiary/aromatic N) is 1. The van der Waals surface area contributed by atoms with E-state index in [0.29, 0.717) is 11.0 Å². The summed E-state index contributed by atoms with van der Waals surface area (Å²) in [5.41, 5.74) is 0.841. The summed E-state index contributed by atoms with van der Waals surface area (Å²) < 4.78 is 13.5. The predicted octanol–water partition coefficient (Wildman–Crippen LogP) is 2.92. The molecule has 15 heavy (non-hydrogen) atoms. The first-order chi connectivity index (χ1) is 7.25. The predicted molar refractivity (Wildman–Crippen MR) is 60.0 cm³/mol. The monoisotopic (exact) mass is 269 g/mol. The standard InChI is InChI=1S/C10H9BrFN3/c11-8-5-7(12)1-2-9(8)15-6-10-13-3-4-14-10/h1-5,15H,6H2,(H,13,14). The largest absolute Gasteiger partial charge is 0.377 e. The molecule has 2 N–H and O–H groups in total. The second kappa shape index (κ2) is 4.44. The van der Waals surface area contributed by atoms with Gasteiger partial charge < -0.3 is 10.3 Å². The van der Waals surface area contributed by atoms with Gasteiger partial charge in [-0.3, -0.25) is 0 Å². The Hall–Kier alpha value is -1.36. The Balaban J connectivity index is 2.05. The van der Waals surface area contributed by atoms with E-state index in [9.17, 15) is 4.39 Å². The summed E-state index contributed by atoms with van der Waals surface area (Å²) >= 11 is 3.28. The van der Waals surface area contributed by atoms with Crippen molar-refractivity contribution in [1.29, 1.82) is 0 Å². The Bertz CT molecular complexity index is 442. The van der Waals surface area contributed by atoms with Gasteiger partial charge in [0.05, 0.1) is 6.54 Å². The molecule has 5 heteroatoms. The van der Waals surface area contributed by atoms with E-state index in [1.807, 2.05) is 0 Å². The van der Waals surface area contributed by atoms with Gasteiger partial charge in [0.25, 0.3) is 0 Å². The van der Waals surface area contributed by atoms with Crippen molar-refractivity contribution in [3.05, 3.63) is 46.7 Å². The average Bonchev–Trinajstić information content (AvgIpc) is 2.69. The molecule has 3 nitrogen and oxygen atoms in total. The van der Waals surface area contributed by atoms with Crippen LogP contribution in [0.15, 0.2) is 35.1 Å². The summed E-state index contributed by atoms with van der Waals surface area (Å²) in [6.07, 6.45) is 3.45. The van der Waals surface area contributed by atoms with Crippen molar-refractivity contribution in [3.63, 3.8) is 0 Å². The SMILES string of the molecule is Fc1ccc(NCc2ncc[nH]2)c(Br)c1. The Morgan fingerprint density at radius 1 is 1.47 bits per heavy atom. The summed E-state index contributed by atoms with van der Waals surface area (Å²) in [4.78, 5) is 7.05. The smallest absolute Gasteiger partial charge is 0.125 e. The Morgan fingerprint density at radius 3 is 3.00 bits per heavy atom. The van der Waals surface area contributed by atoms with Gasteiger partial charge in [-0.25, -0.2) is 9.37 Å². The molecule has 0 saturated carbocycles. The van der Waals surface area contributed by atoms with E-state index in [-0.39, 0.29) is 5.82 Å². The van der Waals surface area contributed by atoms with Crippen LogP contribution in [-0.2, 0) is 6.54 Å². The van der Waals surface area contributed by atoms with Crippen molar-refractivity contribution in [1.82, 2.24) is 9.97 Å². The second-order valence-corrected chi connectivity index (χ2v) is 3.87. The van der Waals surface area contributed by atoms with Crippen LogP contribution in [0.5, 0.6) is 0 Å². The second-order valence-electron chi connectivity index (χ2n) is 3.01. The molecule has 78 valence electrons. The minimum absolute atomic E-state index is 0.259. The van der Waals surface area contributed by atoms with E-state index in [1.165, 1.54) is 12.1 Å². The summed E-state index contributed by atoms with van der Waals surface area (Å²) in [5.74, 6) is 0.580. The molecule has 0 atom stereocenters. The Labute approximate surface area is 94.9 Å². The van der Waals surface area contributed by atoms with Crippen molar-refractivity contribution in [2.24, 2.45) is 0 Å². The van der Waals surface area contributed by atoms with Crippen LogP contribution in [-0.4, -0.2) is 9.97 Å². The highest BCUT2D eigenvalue weighted by atomic mass is 79.9. The minimum Gasteiger partial charge on any atom is -0.377 e. The van der Waals surface area contributed by atoms with Crippen molar-refractivity contribution in [3.8, 4) is 0 Å². The fourth-order valence-corrected chi connectivity index (χ4v) is 1.70. The highest BCUT2D eigenvalue weighted by Gasteiger charge is 2.01. The Morgan fingerprint density at radius 2 is 2.33 bits per heavy atom. The quantitative estimate of drug-likeness (QED) is 0.900. The number of nitrogens with one attached hydrogen (secondary N) is 2. The van der Waals surface area contributed by atoms with Gasteiger partial charge in [0.15, 0.2) is 0 Å². The zero-order valence-electron chi connectivity index (χ0n) is 7.80. The van der Waals surface area contributed by atoms with Crippen molar-refractivity contribution < 1.29 is 4.39 Å². The average molecular weight is 270 g/mol. The van der Waals surface area contributed by atoms with Crippen molar-refractivity contribution in [2.75, 3.05) is 5.32 Å². The number of aromatic nitrogens is 2. The molecule has 0 saturated heterocycles. The number of halogens is 2. The first kappa shape index (κ1) is 10.2. The third-order valence-corrected chi connectivity index (χ3v) is 2.59. The van der Waals surface area contributed by atoms with Gasteiger partial charge in [0.1, 0.15) is 11.6 Å². The summed E-state index contributed by atoms with van der Waals surface area (Å²) in [6.45, 7) is 0.581. The van der Waals surface area contributed by atoms with Crippen LogP contribution >= 0.6 is 15.9 Å². The number of hydrogen-bond donors (Lipinski definition) is 2. The molecular formula is C10H9BrFN3. The normalized spacial score (nSPS) is 10.3. The molecule has 1 aromatic carbocycles.